The molecule has 0 heterocycles. The number of carbonyl (C=O) groups is 1. The molecule has 0 amide bonds. The van der Waals surface area contributed by atoms with Crippen LogP contribution in [-0.4, -0.2) is 15.8 Å². The summed E-state index contributed by atoms with van der Waals surface area (Å²) in [6.45, 7) is 4.16. The van der Waals surface area contributed by atoms with Crippen molar-refractivity contribution in [3.63, 3.8) is 0 Å². The van der Waals surface area contributed by atoms with Crippen LogP contribution in [0.25, 0.3) is 0 Å². The average molecular weight is 263 g/mol. The number of azo groups is 1. The van der Waals surface area contributed by atoms with Crippen LogP contribution in [0.2, 0.25) is 0 Å². The van der Waals surface area contributed by atoms with Gasteiger partial charge in [0.05, 0.1) is 10.6 Å². The molecule has 100 valence electrons. The molecule has 0 bridgehead atoms. The van der Waals surface area contributed by atoms with Crippen molar-refractivity contribution >= 4 is 17.2 Å². The lowest BCUT2D eigenvalue weighted by molar-refractivity contribution is -0.385. The number of rotatable bonds is 4. The maximum absolute atomic E-state index is 11.2. The zero-order chi connectivity index (χ0) is 14.6. The van der Waals surface area contributed by atoms with Gasteiger partial charge in [-0.1, -0.05) is 6.07 Å². The van der Waals surface area contributed by atoms with E-state index in [0.717, 1.165) is 0 Å². The number of Topliss-reactive ketones (excluding diaryl/α,β-unsaturated/α-hetero) is 1. The predicted octanol–water partition coefficient (Wildman–Crippen LogP) is 3.37. The van der Waals surface area contributed by atoms with Crippen LogP contribution < -0.4 is 0 Å². The Labute approximate surface area is 109 Å². The number of aliphatic hydroxyl groups is 1. The van der Waals surface area contributed by atoms with Gasteiger partial charge in [0.25, 0.3) is 5.69 Å². The Bertz CT molecular complexity index is 587. The number of aryl methyl sites for hydroxylation is 1. The van der Waals surface area contributed by atoms with Gasteiger partial charge in [0.2, 0.25) is 0 Å². The van der Waals surface area contributed by atoms with Gasteiger partial charge in [-0.25, -0.2) is 0 Å². The van der Waals surface area contributed by atoms with Gasteiger partial charge >= 0.3 is 0 Å². The minimum atomic E-state index is -0.520. The van der Waals surface area contributed by atoms with Crippen molar-refractivity contribution in [3.8, 4) is 0 Å². The van der Waals surface area contributed by atoms with Crippen LogP contribution in [-0.2, 0) is 4.79 Å². The van der Waals surface area contributed by atoms with E-state index in [0.29, 0.717) is 5.56 Å². The summed E-state index contributed by atoms with van der Waals surface area (Å²) in [6.07, 6.45) is 0. The number of hydrogen-bond acceptors (Lipinski definition) is 6. The fraction of sp³-hybridized carbons (Fsp3) is 0.250. The van der Waals surface area contributed by atoms with Gasteiger partial charge in [-0.3, -0.25) is 14.9 Å². The highest BCUT2D eigenvalue weighted by atomic mass is 16.6. The quantitative estimate of drug-likeness (QED) is 0.295. The number of allylic oxidation sites excluding steroid dienone is 2. The van der Waals surface area contributed by atoms with Crippen LogP contribution in [0.4, 0.5) is 11.4 Å². The first kappa shape index (κ1) is 14.5. The largest absolute Gasteiger partial charge is 0.510 e. The molecule has 1 rings (SSSR count). The van der Waals surface area contributed by atoms with E-state index in [-0.39, 0.29) is 22.8 Å². The molecule has 0 saturated heterocycles. The number of hydrogen-bond donors (Lipinski definition) is 1. The summed E-state index contributed by atoms with van der Waals surface area (Å²) in [5.74, 6) is -0.691. The molecule has 0 saturated carbocycles. The minimum absolute atomic E-state index is 0.0782. The highest BCUT2D eigenvalue weighted by molar-refractivity contribution is 5.93. The lowest BCUT2D eigenvalue weighted by Crippen LogP contribution is -1.96. The molecular formula is C12H13N3O4. The van der Waals surface area contributed by atoms with E-state index in [1.807, 2.05) is 0 Å². The number of benzene rings is 1. The van der Waals surface area contributed by atoms with Gasteiger partial charge in [0.1, 0.15) is 5.76 Å². The molecule has 0 atom stereocenters. The standard InChI is InChI=1S/C12H13N3O4/c1-7-4-5-10(6-11(7)15(18)19)13-14-12(8(2)16)9(3)17/h4-6,16H,1-3H3/b12-8-,14-13?. The van der Waals surface area contributed by atoms with Gasteiger partial charge < -0.3 is 5.11 Å². The highest BCUT2D eigenvalue weighted by Crippen LogP contribution is 2.25. The molecule has 0 fully saturated rings. The molecule has 0 spiro atoms. The average Bonchev–Trinajstić information content (AvgIpc) is 2.30. The van der Waals surface area contributed by atoms with Crippen LogP contribution in [0.3, 0.4) is 0 Å². The van der Waals surface area contributed by atoms with Crippen LogP contribution in [0.15, 0.2) is 39.9 Å². The number of nitrogens with zero attached hydrogens (tertiary/aromatic N) is 3. The fourth-order valence-corrected chi connectivity index (χ4v) is 1.36. The monoisotopic (exact) mass is 263 g/mol. The summed E-state index contributed by atoms with van der Waals surface area (Å²) in [4.78, 5) is 21.4. The zero-order valence-corrected chi connectivity index (χ0v) is 10.7. The lowest BCUT2D eigenvalue weighted by atomic mass is 10.2. The summed E-state index contributed by atoms with van der Waals surface area (Å²) >= 11 is 0. The first-order valence-corrected chi connectivity index (χ1v) is 5.40. The number of aliphatic hydroxyl groups excluding tert-OH is 1. The first-order chi connectivity index (χ1) is 8.82. The molecule has 0 aromatic heterocycles. The van der Waals surface area contributed by atoms with Gasteiger partial charge in [-0.2, -0.15) is 5.11 Å². The first-order valence-electron chi connectivity index (χ1n) is 5.40. The molecule has 0 aliphatic carbocycles. The van der Waals surface area contributed by atoms with E-state index in [9.17, 15) is 20.0 Å². The number of nitro groups is 1. The molecule has 7 heteroatoms. The van der Waals surface area contributed by atoms with E-state index >= 15 is 0 Å². The van der Waals surface area contributed by atoms with Crippen molar-refractivity contribution in [3.05, 3.63) is 45.3 Å². The van der Waals surface area contributed by atoms with E-state index in [4.69, 9.17) is 0 Å². The summed E-state index contributed by atoms with van der Waals surface area (Å²) < 4.78 is 0. The second kappa shape index (κ2) is 5.85. The number of nitro benzene ring substituents is 1. The molecule has 7 nitrogen and oxygen atoms in total. The molecule has 0 unspecified atom stereocenters. The second-order valence-corrected chi connectivity index (χ2v) is 3.92. The Kier molecular flexibility index (Phi) is 4.46. The Balaban J connectivity index is 3.13. The summed E-state index contributed by atoms with van der Waals surface area (Å²) in [5.41, 5.74) is 0.482. The van der Waals surface area contributed by atoms with Gasteiger partial charge in [-0.05, 0) is 19.9 Å². The third-order valence-corrected chi connectivity index (χ3v) is 2.33. The summed E-state index contributed by atoms with van der Waals surface area (Å²) in [5, 5.41) is 27.3. The maximum Gasteiger partial charge on any atom is 0.274 e. The molecule has 1 aromatic rings. The van der Waals surface area contributed by atoms with Crippen LogP contribution >= 0.6 is 0 Å². The molecule has 0 aliphatic heterocycles. The fourth-order valence-electron chi connectivity index (χ4n) is 1.36. The third-order valence-electron chi connectivity index (χ3n) is 2.33. The molecular weight excluding hydrogens is 250 g/mol. The van der Waals surface area contributed by atoms with Crippen molar-refractivity contribution in [2.75, 3.05) is 0 Å². The molecule has 0 radical (unpaired) electrons. The second-order valence-electron chi connectivity index (χ2n) is 3.92. The zero-order valence-electron chi connectivity index (χ0n) is 10.7. The van der Waals surface area contributed by atoms with Crippen molar-refractivity contribution < 1.29 is 14.8 Å². The Morgan fingerprint density at radius 1 is 1.37 bits per heavy atom. The van der Waals surface area contributed by atoms with E-state index < -0.39 is 10.7 Å². The Morgan fingerprint density at radius 3 is 2.47 bits per heavy atom. The van der Waals surface area contributed by atoms with E-state index in [1.165, 1.54) is 32.0 Å². The van der Waals surface area contributed by atoms with Gasteiger partial charge in [0, 0.05) is 18.6 Å². The normalized spacial score (nSPS) is 12.4. The molecule has 1 N–H and O–H groups in total. The molecule has 19 heavy (non-hydrogen) atoms. The third kappa shape index (κ3) is 3.70. The van der Waals surface area contributed by atoms with Crippen molar-refractivity contribution in [1.29, 1.82) is 0 Å². The smallest absolute Gasteiger partial charge is 0.274 e. The SMILES string of the molecule is CC(=O)/C(N=Nc1ccc(C)c([N+](=O)[O-])c1)=C(\C)O. The van der Waals surface area contributed by atoms with E-state index in [1.54, 1.807) is 6.92 Å². The van der Waals surface area contributed by atoms with E-state index in [2.05, 4.69) is 10.2 Å². The highest BCUT2D eigenvalue weighted by Gasteiger charge is 2.11. The predicted molar refractivity (Wildman–Crippen MR) is 68.4 cm³/mol. The molecule has 0 aliphatic rings. The van der Waals surface area contributed by atoms with Crippen LogP contribution in [0.5, 0.6) is 0 Å². The lowest BCUT2D eigenvalue weighted by Gasteiger charge is -1.99. The maximum atomic E-state index is 11.2. The molecule has 1 aromatic carbocycles. The summed E-state index contributed by atoms with van der Waals surface area (Å²) in [6, 6.07) is 4.33. The Morgan fingerprint density at radius 2 is 2.00 bits per heavy atom. The van der Waals surface area contributed by atoms with Crippen molar-refractivity contribution in [1.82, 2.24) is 0 Å². The van der Waals surface area contributed by atoms with Gasteiger partial charge in [-0.15, -0.1) is 5.11 Å². The number of carbonyl (C=O) groups excluding carboxylic acids is 1. The summed E-state index contributed by atoms with van der Waals surface area (Å²) in [7, 11) is 0. The van der Waals surface area contributed by atoms with Crippen LogP contribution in [0, 0.1) is 17.0 Å². The Hall–Kier alpha value is -2.57. The van der Waals surface area contributed by atoms with Crippen LogP contribution in [0.1, 0.15) is 19.4 Å². The minimum Gasteiger partial charge on any atom is -0.510 e. The van der Waals surface area contributed by atoms with Crippen molar-refractivity contribution in [2.45, 2.75) is 20.8 Å². The topological polar surface area (TPSA) is 105 Å². The van der Waals surface area contributed by atoms with Crippen molar-refractivity contribution in [2.24, 2.45) is 10.2 Å². The number of ketones is 1. The van der Waals surface area contributed by atoms with Gasteiger partial charge in [0.15, 0.2) is 11.5 Å².